The number of rotatable bonds is 2. The summed E-state index contributed by atoms with van der Waals surface area (Å²) in [5.41, 5.74) is 9.34. The number of aryl methyl sites for hydroxylation is 2. The molecular formula is C16H15FN2O2. The lowest BCUT2D eigenvalue weighted by atomic mass is 9.97. The molecule has 3 aromatic rings. The standard InChI is InChI=1S/C16H15FN2O2/c1-9-3-5-12(17)11(7-9)15(18)10-4-6-13-14(8-10)21-16(20)19(13)2/h3-8,15H,18H2,1-2H3. The Balaban J connectivity index is 2.11. The lowest BCUT2D eigenvalue weighted by molar-refractivity contribution is 0.527. The topological polar surface area (TPSA) is 61.2 Å². The zero-order chi connectivity index (χ0) is 15.1. The number of halogens is 1. The third kappa shape index (κ3) is 2.25. The molecular weight excluding hydrogens is 271 g/mol. The van der Waals surface area contributed by atoms with E-state index in [0.717, 1.165) is 5.56 Å². The Kier molecular flexibility index (Phi) is 3.14. The minimum atomic E-state index is -0.611. The van der Waals surface area contributed by atoms with Crippen molar-refractivity contribution >= 4 is 11.1 Å². The van der Waals surface area contributed by atoms with E-state index in [1.165, 1.54) is 10.6 Å². The quantitative estimate of drug-likeness (QED) is 0.787. The molecule has 1 unspecified atom stereocenters. The van der Waals surface area contributed by atoms with Gasteiger partial charge in [0.25, 0.3) is 0 Å². The van der Waals surface area contributed by atoms with Crippen molar-refractivity contribution in [3.63, 3.8) is 0 Å². The van der Waals surface area contributed by atoms with E-state index >= 15 is 0 Å². The first-order chi connectivity index (χ1) is 9.97. The maximum atomic E-state index is 13.9. The third-order valence-electron chi connectivity index (χ3n) is 3.66. The van der Waals surface area contributed by atoms with Gasteiger partial charge in [0, 0.05) is 12.6 Å². The van der Waals surface area contributed by atoms with Crippen molar-refractivity contribution in [1.82, 2.24) is 4.57 Å². The summed E-state index contributed by atoms with van der Waals surface area (Å²) >= 11 is 0. The predicted octanol–water partition coefficient (Wildman–Crippen LogP) is 2.63. The number of nitrogens with zero attached hydrogens (tertiary/aromatic N) is 1. The molecule has 0 amide bonds. The number of nitrogens with two attached hydrogens (primary N) is 1. The highest BCUT2D eigenvalue weighted by Gasteiger charge is 2.16. The van der Waals surface area contributed by atoms with Gasteiger partial charge in [-0.3, -0.25) is 4.57 Å². The van der Waals surface area contributed by atoms with E-state index in [-0.39, 0.29) is 5.82 Å². The Morgan fingerprint density at radius 2 is 2.00 bits per heavy atom. The maximum absolute atomic E-state index is 13.9. The summed E-state index contributed by atoms with van der Waals surface area (Å²) in [7, 11) is 1.63. The average molecular weight is 286 g/mol. The van der Waals surface area contributed by atoms with Gasteiger partial charge in [-0.2, -0.15) is 0 Å². The molecule has 5 heteroatoms. The van der Waals surface area contributed by atoms with Crippen molar-refractivity contribution in [2.24, 2.45) is 12.8 Å². The van der Waals surface area contributed by atoms with Crippen LogP contribution in [0.25, 0.3) is 11.1 Å². The van der Waals surface area contributed by atoms with Crippen molar-refractivity contribution < 1.29 is 8.81 Å². The molecule has 0 bridgehead atoms. The molecule has 3 rings (SSSR count). The molecule has 4 nitrogen and oxygen atoms in total. The van der Waals surface area contributed by atoms with Gasteiger partial charge in [-0.15, -0.1) is 0 Å². The number of benzene rings is 2. The van der Waals surface area contributed by atoms with Crippen LogP contribution in [0.4, 0.5) is 4.39 Å². The molecule has 108 valence electrons. The molecule has 21 heavy (non-hydrogen) atoms. The molecule has 1 aromatic heterocycles. The molecule has 0 aliphatic heterocycles. The second kappa shape index (κ2) is 4.86. The van der Waals surface area contributed by atoms with Gasteiger partial charge in [0.2, 0.25) is 0 Å². The van der Waals surface area contributed by atoms with Gasteiger partial charge < -0.3 is 10.2 Å². The van der Waals surface area contributed by atoms with Crippen molar-refractivity contribution in [1.29, 1.82) is 0 Å². The van der Waals surface area contributed by atoms with Gasteiger partial charge in [0.15, 0.2) is 5.58 Å². The first kappa shape index (κ1) is 13.6. The lowest BCUT2D eigenvalue weighted by Gasteiger charge is -2.14. The molecule has 0 aliphatic rings. The Hall–Kier alpha value is -2.40. The molecule has 0 spiro atoms. The highest BCUT2D eigenvalue weighted by molar-refractivity contribution is 5.74. The Bertz CT molecular complexity index is 880. The Morgan fingerprint density at radius 3 is 2.76 bits per heavy atom. The van der Waals surface area contributed by atoms with E-state index in [1.54, 1.807) is 37.4 Å². The van der Waals surface area contributed by atoms with Gasteiger partial charge >= 0.3 is 5.76 Å². The number of fused-ring (bicyclic) bond motifs is 1. The highest BCUT2D eigenvalue weighted by atomic mass is 19.1. The van der Waals surface area contributed by atoms with Gasteiger partial charge in [-0.25, -0.2) is 9.18 Å². The van der Waals surface area contributed by atoms with Crippen molar-refractivity contribution in [2.45, 2.75) is 13.0 Å². The van der Waals surface area contributed by atoms with Crippen LogP contribution in [0.15, 0.2) is 45.6 Å². The smallest absolute Gasteiger partial charge is 0.408 e. The van der Waals surface area contributed by atoms with E-state index in [4.69, 9.17) is 10.2 Å². The highest BCUT2D eigenvalue weighted by Crippen LogP contribution is 2.25. The van der Waals surface area contributed by atoms with Crippen LogP contribution in [0.1, 0.15) is 22.7 Å². The SMILES string of the molecule is Cc1ccc(F)c(C(N)c2ccc3c(c2)oc(=O)n3C)c1. The first-order valence-corrected chi connectivity index (χ1v) is 6.58. The molecule has 2 N–H and O–H groups in total. The van der Waals surface area contributed by atoms with Crippen LogP contribution in [-0.2, 0) is 7.05 Å². The summed E-state index contributed by atoms with van der Waals surface area (Å²) in [6, 6.07) is 9.44. The zero-order valence-electron chi connectivity index (χ0n) is 11.8. The largest absolute Gasteiger partial charge is 0.419 e. The first-order valence-electron chi connectivity index (χ1n) is 6.58. The summed E-state index contributed by atoms with van der Waals surface area (Å²) in [5.74, 6) is -0.778. The van der Waals surface area contributed by atoms with Crippen LogP contribution in [0, 0.1) is 12.7 Å². The summed E-state index contributed by atoms with van der Waals surface area (Å²) in [5, 5.41) is 0. The molecule has 0 saturated carbocycles. The fourth-order valence-electron chi connectivity index (χ4n) is 2.42. The fourth-order valence-corrected chi connectivity index (χ4v) is 2.42. The van der Waals surface area contributed by atoms with E-state index < -0.39 is 11.8 Å². The monoisotopic (exact) mass is 286 g/mol. The van der Waals surface area contributed by atoms with Crippen LogP contribution < -0.4 is 11.5 Å². The van der Waals surface area contributed by atoms with E-state index in [1.807, 2.05) is 6.92 Å². The second-order valence-corrected chi connectivity index (χ2v) is 5.16. The van der Waals surface area contributed by atoms with Crippen molar-refractivity contribution in [3.05, 3.63) is 69.5 Å². The molecule has 0 fully saturated rings. The number of oxazole rings is 1. The molecule has 0 aliphatic carbocycles. The maximum Gasteiger partial charge on any atom is 0.419 e. The zero-order valence-corrected chi connectivity index (χ0v) is 11.8. The van der Waals surface area contributed by atoms with Gasteiger partial charge in [-0.05, 0) is 30.7 Å². The van der Waals surface area contributed by atoms with Crippen LogP contribution in [0.5, 0.6) is 0 Å². The molecule has 0 radical (unpaired) electrons. The van der Waals surface area contributed by atoms with Gasteiger partial charge in [0.1, 0.15) is 5.82 Å². The second-order valence-electron chi connectivity index (χ2n) is 5.16. The fraction of sp³-hybridized carbons (Fsp3) is 0.188. The average Bonchev–Trinajstić information content (AvgIpc) is 2.75. The van der Waals surface area contributed by atoms with Crippen molar-refractivity contribution in [3.8, 4) is 0 Å². The molecule has 1 atom stereocenters. The van der Waals surface area contributed by atoms with E-state index in [2.05, 4.69) is 0 Å². The van der Waals surface area contributed by atoms with Gasteiger partial charge in [0.05, 0.1) is 11.6 Å². The third-order valence-corrected chi connectivity index (χ3v) is 3.66. The normalized spacial score (nSPS) is 12.8. The molecule has 1 heterocycles. The molecule has 2 aromatic carbocycles. The minimum absolute atomic E-state index is 0.345. The van der Waals surface area contributed by atoms with Crippen LogP contribution in [0.3, 0.4) is 0 Å². The Morgan fingerprint density at radius 1 is 1.24 bits per heavy atom. The van der Waals surface area contributed by atoms with E-state index in [9.17, 15) is 9.18 Å². The molecule has 0 saturated heterocycles. The number of hydrogen-bond acceptors (Lipinski definition) is 3. The lowest BCUT2D eigenvalue weighted by Crippen LogP contribution is -2.13. The van der Waals surface area contributed by atoms with Crippen molar-refractivity contribution in [2.75, 3.05) is 0 Å². The number of hydrogen-bond donors (Lipinski definition) is 1. The summed E-state index contributed by atoms with van der Waals surface area (Å²) < 4.78 is 20.5. The summed E-state index contributed by atoms with van der Waals surface area (Å²) in [6.07, 6.45) is 0. The number of aromatic nitrogens is 1. The summed E-state index contributed by atoms with van der Waals surface area (Å²) in [4.78, 5) is 11.5. The summed E-state index contributed by atoms with van der Waals surface area (Å²) in [6.45, 7) is 1.88. The Labute approximate surface area is 120 Å². The van der Waals surface area contributed by atoms with Crippen LogP contribution in [-0.4, -0.2) is 4.57 Å². The van der Waals surface area contributed by atoms with Crippen LogP contribution >= 0.6 is 0 Å². The van der Waals surface area contributed by atoms with Crippen LogP contribution in [0.2, 0.25) is 0 Å². The predicted molar refractivity (Wildman–Crippen MR) is 78.6 cm³/mol. The minimum Gasteiger partial charge on any atom is -0.408 e. The van der Waals surface area contributed by atoms with E-state index in [0.29, 0.717) is 22.2 Å². The van der Waals surface area contributed by atoms with Gasteiger partial charge in [-0.1, -0.05) is 23.8 Å².